The molecule has 1 saturated heterocycles. The summed E-state index contributed by atoms with van der Waals surface area (Å²) in [5.74, 6) is 0.694. The summed E-state index contributed by atoms with van der Waals surface area (Å²) in [6.45, 7) is 10.4. The maximum atomic E-state index is 13.4. The van der Waals surface area contributed by atoms with Gasteiger partial charge in [-0.25, -0.2) is 14.2 Å². The molecule has 5 rings (SSSR count). The lowest BCUT2D eigenvalue weighted by molar-refractivity contribution is -0.132. The van der Waals surface area contributed by atoms with Gasteiger partial charge < -0.3 is 15.1 Å². The number of aryl methyl sites for hydroxylation is 1. The second-order valence-corrected chi connectivity index (χ2v) is 11.1. The van der Waals surface area contributed by atoms with Crippen molar-refractivity contribution in [2.24, 2.45) is 0 Å². The quantitative estimate of drug-likeness (QED) is 0.297. The largest absolute Gasteiger partial charge is 0.343 e. The number of carbonyl (C=O) groups is 2. The summed E-state index contributed by atoms with van der Waals surface area (Å²) in [6.07, 6.45) is 7.15. The molecule has 2 amide bonds. The molecule has 0 spiro atoms. The number of nitrogens with zero attached hydrogens (tertiary/aromatic N) is 7. The average Bonchev–Trinajstić information content (AvgIpc) is 3.58. The lowest BCUT2D eigenvalue weighted by Crippen LogP contribution is -2.39. The highest BCUT2D eigenvalue weighted by atomic mass is 79.9. The third kappa shape index (κ3) is 6.10. The number of anilines is 1. The van der Waals surface area contributed by atoms with E-state index in [2.05, 4.69) is 50.1 Å². The molecule has 1 aliphatic rings. The molecule has 1 fully saturated rings. The summed E-state index contributed by atoms with van der Waals surface area (Å²) in [5, 5.41) is 12.3. The Morgan fingerprint density at radius 2 is 1.82 bits per heavy atom. The maximum absolute atomic E-state index is 13.4. The van der Waals surface area contributed by atoms with Crippen molar-refractivity contribution in [2.45, 2.75) is 46.0 Å². The van der Waals surface area contributed by atoms with Gasteiger partial charge >= 0.3 is 0 Å². The number of hydrogen-bond acceptors (Lipinski definition) is 6. The van der Waals surface area contributed by atoms with Gasteiger partial charge in [-0.15, -0.1) is 0 Å². The minimum absolute atomic E-state index is 0.199. The zero-order valence-electron chi connectivity index (χ0n) is 23.2. The molecule has 0 saturated carbocycles. The maximum Gasteiger partial charge on any atom is 0.262 e. The van der Waals surface area contributed by atoms with Crippen molar-refractivity contribution in [3.05, 3.63) is 70.2 Å². The number of halogens is 1. The first-order chi connectivity index (χ1) is 19.4. The summed E-state index contributed by atoms with van der Waals surface area (Å²) < 4.78 is 4.12. The predicted molar refractivity (Wildman–Crippen MR) is 158 cm³/mol. The van der Waals surface area contributed by atoms with Crippen LogP contribution in [0.2, 0.25) is 0 Å². The minimum atomic E-state index is -0.307. The van der Waals surface area contributed by atoms with Gasteiger partial charge in [0, 0.05) is 50.4 Å². The van der Waals surface area contributed by atoms with Crippen LogP contribution in [0.3, 0.4) is 0 Å². The molecule has 10 nitrogen and oxygen atoms in total. The van der Waals surface area contributed by atoms with Crippen molar-refractivity contribution in [1.29, 1.82) is 0 Å². The van der Waals surface area contributed by atoms with Gasteiger partial charge in [-0.1, -0.05) is 31.5 Å². The van der Waals surface area contributed by atoms with Gasteiger partial charge in [0.1, 0.15) is 11.4 Å². The monoisotopic (exact) mass is 606 g/mol. The molecule has 4 heterocycles. The first-order valence-electron chi connectivity index (χ1n) is 13.8. The summed E-state index contributed by atoms with van der Waals surface area (Å²) in [6, 6.07) is 9.99. The van der Waals surface area contributed by atoms with Crippen LogP contribution in [0.15, 0.2) is 53.4 Å². The Hall–Kier alpha value is -3.57. The van der Waals surface area contributed by atoms with Gasteiger partial charge in [0.25, 0.3) is 5.91 Å². The second-order valence-electron chi connectivity index (χ2n) is 10.2. The number of aromatic nitrogens is 5. The number of carbonyl (C=O) groups excluding carboxylic acids is 2. The van der Waals surface area contributed by atoms with Crippen LogP contribution in [0.5, 0.6) is 0 Å². The zero-order chi connectivity index (χ0) is 28.2. The Kier molecular flexibility index (Phi) is 8.60. The van der Waals surface area contributed by atoms with E-state index in [1.165, 1.54) is 6.20 Å². The molecule has 1 aliphatic heterocycles. The van der Waals surface area contributed by atoms with Crippen molar-refractivity contribution >= 4 is 39.2 Å². The van der Waals surface area contributed by atoms with Crippen molar-refractivity contribution in [3.63, 3.8) is 0 Å². The zero-order valence-corrected chi connectivity index (χ0v) is 24.8. The molecule has 0 unspecified atom stereocenters. The van der Waals surface area contributed by atoms with E-state index in [4.69, 9.17) is 5.10 Å². The molecule has 4 aromatic rings. The second kappa shape index (κ2) is 12.3. The smallest absolute Gasteiger partial charge is 0.262 e. The Labute approximate surface area is 242 Å². The fourth-order valence-corrected chi connectivity index (χ4v) is 5.44. The van der Waals surface area contributed by atoms with Crippen molar-refractivity contribution in [1.82, 2.24) is 34.2 Å². The number of fused-ring (bicyclic) bond motifs is 1. The van der Waals surface area contributed by atoms with Crippen LogP contribution in [0.1, 0.15) is 60.6 Å². The van der Waals surface area contributed by atoms with Gasteiger partial charge in [-0.05, 0) is 60.9 Å². The minimum Gasteiger partial charge on any atom is -0.343 e. The molecule has 210 valence electrons. The fourth-order valence-electron chi connectivity index (χ4n) is 5.14. The molecule has 1 aromatic carbocycles. The van der Waals surface area contributed by atoms with E-state index in [-0.39, 0.29) is 17.7 Å². The number of amides is 2. The van der Waals surface area contributed by atoms with Gasteiger partial charge in [-0.2, -0.15) is 10.2 Å². The molecule has 0 radical (unpaired) electrons. The van der Waals surface area contributed by atoms with Crippen LogP contribution in [0.4, 0.5) is 5.82 Å². The van der Waals surface area contributed by atoms with Gasteiger partial charge in [-0.3, -0.25) is 9.59 Å². The van der Waals surface area contributed by atoms with Crippen molar-refractivity contribution in [3.8, 4) is 5.69 Å². The lowest BCUT2D eigenvalue weighted by atomic mass is 9.93. The Bertz CT molecular complexity index is 1480. The number of benzene rings is 1. The summed E-state index contributed by atoms with van der Waals surface area (Å²) >= 11 is 3.39. The molecule has 3 aromatic heterocycles. The summed E-state index contributed by atoms with van der Waals surface area (Å²) in [4.78, 5) is 34.8. The third-order valence-electron chi connectivity index (χ3n) is 7.62. The SMILES string of the molecule is CCN(CC)CCC(=O)N1CCC(c2cc(NC(=O)c3cnn4cc(Br)cnc34)n(-c3ccc(C)cc3)n2)CC1. The normalized spacial score (nSPS) is 14.3. The molecule has 40 heavy (non-hydrogen) atoms. The Morgan fingerprint density at radius 3 is 2.52 bits per heavy atom. The fraction of sp³-hybridized carbons (Fsp3) is 0.414. The van der Waals surface area contributed by atoms with E-state index >= 15 is 0 Å². The van der Waals surface area contributed by atoms with Crippen molar-refractivity contribution in [2.75, 3.05) is 38.0 Å². The highest BCUT2D eigenvalue weighted by Gasteiger charge is 2.27. The molecular weight excluding hydrogens is 572 g/mol. The van der Waals surface area contributed by atoms with Crippen LogP contribution < -0.4 is 5.32 Å². The van der Waals surface area contributed by atoms with E-state index in [9.17, 15) is 9.59 Å². The van der Waals surface area contributed by atoms with E-state index in [0.29, 0.717) is 36.5 Å². The highest BCUT2D eigenvalue weighted by molar-refractivity contribution is 9.10. The number of rotatable bonds is 9. The standard InChI is InChI=1S/C29H35BrN8O2/c1-4-35(5-2)13-12-27(39)36-14-10-21(11-15-36)25-16-26(38(34-25)23-8-6-20(3)7-9-23)33-29(40)24-18-32-37-19-22(30)17-31-28(24)37/h6-9,16-19,21H,4-5,10-15H2,1-3H3,(H,33,40). The van der Waals surface area contributed by atoms with Crippen LogP contribution in [0, 0.1) is 6.92 Å². The predicted octanol–water partition coefficient (Wildman–Crippen LogP) is 4.68. The number of likely N-dealkylation sites (tertiary alicyclic amines) is 1. The molecule has 0 atom stereocenters. The van der Waals surface area contributed by atoms with Gasteiger partial charge in [0.15, 0.2) is 5.65 Å². The molecule has 0 bridgehead atoms. The summed E-state index contributed by atoms with van der Waals surface area (Å²) in [7, 11) is 0. The first-order valence-corrected chi connectivity index (χ1v) is 14.6. The topological polar surface area (TPSA) is 101 Å². The number of hydrogen-bond donors (Lipinski definition) is 1. The van der Waals surface area contributed by atoms with Crippen LogP contribution >= 0.6 is 15.9 Å². The van der Waals surface area contributed by atoms with E-state index in [1.807, 2.05) is 42.2 Å². The van der Waals surface area contributed by atoms with Crippen LogP contribution in [-0.4, -0.2) is 78.7 Å². The summed E-state index contributed by atoms with van der Waals surface area (Å²) in [5.41, 5.74) is 3.76. The van der Waals surface area contributed by atoms with E-state index < -0.39 is 0 Å². The third-order valence-corrected chi connectivity index (χ3v) is 8.03. The van der Waals surface area contributed by atoms with Crippen molar-refractivity contribution < 1.29 is 9.59 Å². The highest BCUT2D eigenvalue weighted by Crippen LogP contribution is 2.31. The Balaban J connectivity index is 1.33. The first kappa shape index (κ1) is 28.0. The average molecular weight is 608 g/mol. The molecule has 1 N–H and O–H groups in total. The van der Waals surface area contributed by atoms with Crippen LogP contribution in [0.25, 0.3) is 11.3 Å². The number of nitrogens with one attached hydrogen (secondary N) is 1. The van der Waals surface area contributed by atoms with Gasteiger partial charge in [0.05, 0.1) is 22.1 Å². The molecule has 11 heteroatoms. The molecule has 0 aliphatic carbocycles. The number of piperidine rings is 1. The van der Waals surface area contributed by atoms with Crippen LogP contribution in [-0.2, 0) is 4.79 Å². The van der Waals surface area contributed by atoms with E-state index in [0.717, 1.165) is 53.9 Å². The lowest BCUT2D eigenvalue weighted by Gasteiger charge is -2.32. The van der Waals surface area contributed by atoms with E-state index in [1.54, 1.807) is 21.6 Å². The van der Waals surface area contributed by atoms with Gasteiger partial charge in [0.2, 0.25) is 5.91 Å². The Morgan fingerprint density at radius 1 is 1.10 bits per heavy atom. The molecular formula is C29H35BrN8O2.